The highest BCUT2D eigenvalue weighted by Crippen LogP contribution is 2.23. The summed E-state index contributed by atoms with van der Waals surface area (Å²) >= 11 is 17.7. The fourth-order valence-electron chi connectivity index (χ4n) is 1.96. The number of methoxy groups -OCH3 is 1. The fraction of sp³-hybridized carbons (Fsp3) is 0.176. The van der Waals surface area contributed by atoms with Gasteiger partial charge in [-0.3, -0.25) is 4.79 Å². The minimum Gasteiger partial charge on any atom is -0.496 e. The molecule has 0 aliphatic carbocycles. The van der Waals surface area contributed by atoms with Gasteiger partial charge in [-0.05, 0) is 35.9 Å². The average Bonchev–Trinajstić information content (AvgIpc) is 2.58. The Bertz CT molecular complexity index is 795. The van der Waals surface area contributed by atoms with Crippen LogP contribution in [-0.4, -0.2) is 25.6 Å². The maximum absolute atomic E-state index is 12.1. The van der Waals surface area contributed by atoms with Gasteiger partial charge in [0, 0.05) is 21.6 Å². The Hall–Kier alpha value is -1.95. The molecule has 2 rings (SSSR count). The molecule has 2 aromatic carbocycles. The Kier molecular flexibility index (Phi) is 6.93. The highest BCUT2D eigenvalue weighted by Gasteiger charge is 2.16. The van der Waals surface area contributed by atoms with E-state index in [1.54, 1.807) is 30.3 Å². The molecule has 0 fully saturated rings. The second kappa shape index (κ2) is 8.94. The van der Waals surface area contributed by atoms with E-state index in [9.17, 15) is 9.59 Å². The Balaban J connectivity index is 1.89. The molecule has 0 atom stereocenters. The van der Waals surface area contributed by atoms with Crippen molar-refractivity contribution < 1.29 is 19.1 Å². The van der Waals surface area contributed by atoms with Gasteiger partial charge in [0.05, 0.1) is 7.11 Å². The molecular formula is C17H14Cl3NO4. The smallest absolute Gasteiger partial charge is 0.342 e. The summed E-state index contributed by atoms with van der Waals surface area (Å²) in [6.45, 7) is -0.257. The maximum Gasteiger partial charge on any atom is 0.342 e. The lowest BCUT2D eigenvalue weighted by molar-refractivity contribution is -0.124. The van der Waals surface area contributed by atoms with Crippen molar-refractivity contribution in [3.05, 3.63) is 62.6 Å². The number of carbonyl (C=O) groups is 2. The number of carbonyl (C=O) groups excluding carboxylic acids is 2. The molecule has 8 heteroatoms. The Morgan fingerprint density at radius 2 is 1.72 bits per heavy atom. The number of amides is 1. The summed E-state index contributed by atoms with van der Waals surface area (Å²) in [6.07, 6.45) is 0. The topological polar surface area (TPSA) is 64.6 Å². The SMILES string of the molecule is COc1ccc(Cl)cc1C(=O)OCC(=O)NCc1ccc(Cl)cc1Cl. The van der Waals surface area contributed by atoms with Crippen molar-refractivity contribution in [1.29, 1.82) is 0 Å². The van der Waals surface area contributed by atoms with Crippen molar-refractivity contribution in [1.82, 2.24) is 5.32 Å². The summed E-state index contributed by atoms with van der Waals surface area (Å²) in [7, 11) is 1.42. The molecule has 0 aliphatic heterocycles. The molecule has 0 heterocycles. The summed E-state index contributed by atoms with van der Waals surface area (Å²) in [6, 6.07) is 9.49. The predicted octanol–water partition coefficient (Wildman–Crippen LogP) is 4.13. The first-order chi connectivity index (χ1) is 11.9. The van der Waals surface area contributed by atoms with E-state index < -0.39 is 18.5 Å². The number of halogens is 3. The van der Waals surface area contributed by atoms with Gasteiger partial charge in [0.2, 0.25) is 0 Å². The average molecular weight is 403 g/mol. The molecule has 0 aliphatic rings. The molecule has 2 aromatic rings. The van der Waals surface area contributed by atoms with E-state index in [1.807, 2.05) is 0 Å². The van der Waals surface area contributed by atoms with Crippen LogP contribution in [-0.2, 0) is 16.1 Å². The number of hydrogen-bond acceptors (Lipinski definition) is 4. The number of ether oxygens (including phenoxy) is 2. The van der Waals surface area contributed by atoms with E-state index in [0.717, 1.165) is 0 Å². The van der Waals surface area contributed by atoms with E-state index in [0.29, 0.717) is 26.4 Å². The van der Waals surface area contributed by atoms with Crippen molar-refractivity contribution in [3.63, 3.8) is 0 Å². The van der Waals surface area contributed by atoms with Gasteiger partial charge in [0.15, 0.2) is 6.61 Å². The number of nitrogens with one attached hydrogen (secondary N) is 1. The third kappa shape index (κ3) is 5.53. The molecule has 0 saturated carbocycles. The van der Waals surface area contributed by atoms with Crippen LogP contribution >= 0.6 is 34.8 Å². The highest BCUT2D eigenvalue weighted by atomic mass is 35.5. The van der Waals surface area contributed by atoms with Gasteiger partial charge in [-0.25, -0.2) is 4.79 Å². The summed E-state index contributed by atoms with van der Waals surface area (Å²) < 4.78 is 10.1. The second-order valence-corrected chi connectivity index (χ2v) is 6.21. The van der Waals surface area contributed by atoms with Crippen LogP contribution in [0.4, 0.5) is 0 Å². The highest BCUT2D eigenvalue weighted by molar-refractivity contribution is 6.35. The molecule has 0 radical (unpaired) electrons. The van der Waals surface area contributed by atoms with Crippen LogP contribution in [0, 0.1) is 0 Å². The van der Waals surface area contributed by atoms with Crippen LogP contribution in [0.5, 0.6) is 5.75 Å². The summed E-state index contributed by atoms with van der Waals surface area (Å²) in [5, 5.41) is 3.90. The lowest BCUT2D eigenvalue weighted by Gasteiger charge is -2.10. The number of benzene rings is 2. The fourth-order valence-corrected chi connectivity index (χ4v) is 2.61. The van der Waals surface area contributed by atoms with Crippen LogP contribution < -0.4 is 10.1 Å². The van der Waals surface area contributed by atoms with Gasteiger partial charge in [0.25, 0.3) is 5.91 Å². The van der Waals surface area contributed by atoms with Gasteiger partial charge in [-0.15, -0.1) is 0 Å². The van der Waals surface area contributed by atoms with Crippen molar-refractivity contribution in [2.45, 2.75) is 6.54 Å². The zero-order valence-electron chi connectivity index (χ0n) is 13.1. The van der Waals surface area contributed by atoms with Gasteiger partial charge in [-0.1, -0.05) is 40.9 Å². The van der Waals surface area contributed by atoms with Crippen LogP contribution in [0.25, 0.3) is 0 Å². The zero-order valence-corrected chi connectivity index (χ0v) is 15.4. The van der Waals surface area contributed by atoms with Crippen molar-refractivity contribution in [2.24, 2.45) is 0 Å². The van der Waals surface area contributed by atoms with Crippen LogP contribution in [0.2, 0.25) is 15.1 Å². The quantitative estimate of drug-likeness (QED) is 0.738. The maximum atomic E-state index is 12.1. The first-order valence-electron chi connectivity index (χ1n) is 7.12. The van der Waals surface area contributed by atoms with Crippen molar-refractivity contribution in [3.8, 4) is 5.75 Å². The van der Waals surface area contributed by atoms with Gasteiger partial charge in [0.1, 0.15) is 11.3 Å². The molecule has 0 unspecified atom stereocenters. The lowest BCUT2D eigenvalue weighted by atomic mass is 10.2. The molecule has 0 spiro atoms. The van der Waals surface area contributed by atoms with E-state index in [1.165, 1.54) is 13.2 Å². The Labute approximate surface area is 159 Å². The molecule has 0 bridgehead atoms. The third-order valence-electron chi connectivity index (χ3n) is 3.21. The largest absolute Gasteiger partial charge is 0.496 e. The van der Waals surface area contributed by atoms with Crippen molar-refractivity contribution >= 4 is 46.7 Å². The molecule has 0 saturated heterocycles. The minimum absolute atomic E-state index is 0.142. The van der Waals surface area contributed by atoms with Gasteiger partial charge < -0.3 is 14.8 Å². The van der Waals surface area contributed by atoms with Crippen LogP contribution in [0.1, 0.15) is 15.9 Å². The normalized spacial score (nSPS) is 10.2. The monoisotopic (exact) mass is 401 g/mol. The van der Waals surface area contributed by atoms with Crippen LogP contribution in [0.15, 0.2) is 36.4 Å². The minimum atomic E-state index is -0.709. The summed E-state index contributed by atoms with van der Waals surface area (Å²) in [5.74, 6) is -0.873. The van der Waals surface area contributed by atoms with Gasteiger partial charge in [-0.2, -0.15) is 0 Å². The number of hydrogen-bond donors (Lipinski definition) is 1. The van der Waals surface area contributed by atoms with Crippen LogP contribution in [0.3, 0.4) is 0 Å². The van der Waals surface area contributed by atoms with E-state index in [4.69, 9.17) is 44.3 Å². The standard InChI is InChI=1S/C17H14Cl3NO4/c1-24-15-5-4-11(18)6-13(15)17(23)25-9-16(22)21-8-10-2-3-12(19)7-14(10)20/h2-7H,8-9H2,1H3,(H,21,22). The number of esters is 1. The lowest BCUT2D eigenvalue weighted by Crippen LogP contribution is -2.28. The Morgan fingerprint density at radius 1 is 1.04 bits per heavy atom. The molecule has 1 N–H and O–H groups in total. The molecule has 1 amide bonds. The van der Waals surface area contributed by atoms with E-state index in [2.05, 4.69) is 5.32 Å². The molecular weight excluding hydrogens is 389 g/mol. The van der Waals surface area contributed by atoms with E-state index >= 15 is 0 Å². The number of rotatable bonds is 6. The molecule has 0 aromatic heterocycles. The first kappa shape index (κ1) is 19.4. The summed E-state index contributed by atoms with van der Waals surface area (Å²) in [4.78, 5) is 23.9. The molecule has 25 heavy (non-hydrogen) atoms. The summed E-state index contributed by atoms with van der Waals surface area (Å²) in [5.41, 5.74) is 0.839. The third-order valence-corrected chi connectivity index (χ3v) is 4.03. The molecule has 132 valence electrons. The predicted molar refractivity (Wildman–Crippen MR) is 96.6 cm³/mol. The first-order valence-corrected chi connectivity index (χ1v) is 8.25. The van der Waals surface area contributed by atoms with Crippen molar-refractivity contribution in [2.75, 3.05) is 13.7 Å². The zero-order chi connectivity index (χ0) is 18.4. The Morgan fingerprint density at radius 3 is 2.40 bits per heavy atom. The molecule has 5 nitrogen and oxygen atoms in total. The van der Waals surface area contributed by atoms with Gasteiger partial charge >= 0.3 is 5.97 Å². The van der Waals surface area contributed by atoms with E-state index in [-0.39, 0.29) is 12.1 Å². The second-order valence-electron chi connectivity index (χ2n) is 4.93.